The van der Waals surface area contributed by atoms with E-state index in [0.717, 1.165) is 55.7 Å². The number of likely N-dealkylation sites (N-methyl/N-ethyl adjacent to an activating group) is 1. The lowest BCUT2D eigenvalue weighted by Gasteiger charge is -2.39. The highest BCUT2D eigenvalue weighted by Crippen LogP contribution is 2.39. The number of amidine groups is 1. The van der Waals surface area contributed by atoms with E-state index < -0.39 is 0 Å². The number of anilines is 1. The second-order valence-corrected chi connectivity index (χ2v) is 8.44. The van der Waals surface area contributed by atoms with Crippen molar-refractivity contribution in [3.8, 4) is 0 Å². The fourth-order valence-corrected chi connectivity index (χ4v) is 3.90. The molecule has 10 nitrogen and oxygen atoms in total. The van der Waals surface area contributed by atoms with Gasteiger partial charge in [-0.1, -0.05) is 5.16 Å². The van der Waals surface area contributed by atoms with E-state index in [1.54, 1.807) is 0 Å². The largest absolute Gasteiger partial charge is 0.359 e. The molecule has 1 saturated carbocycles. The molecule has 2 aromatic rings. The number of H-pyrrole nitrogens is 1. The Morgan fingerprint density at radius 1 is 1.23 bits per heavy atom. The molecule has 2 fully saturated rings. The average Bonchev–Trinajstić information content (AvgIpc) is 3.35. The van der Waals surface area contributed by atoms with Gasteiger partial charge in [0.1, 0.15) is 12.4 Å². The Kier molecular flexibility index (Phi) is 5.26. The number of aliphatic imine (C=N–C) groups is 2. The lowest BCUT2D eigenvalue weighted by molar-refractivity contribution is 0.106. The van der Waals surface area contributed by atoms with Crippen LogP contribution in [0.1, 0.15) is 42.3 Å². The first-order valence-electron chi connectivity index (χ1n) is 10.7. The highest BCUT2D eigenvalue weighted by atomic mass is 16.5. The SMILES string of the molecule is Cc1cc(CN=C2N=C(Nc3cc(C4CC4)[nH]n3)CC(N3CCN(C)CC3)N2)on1. The molecule has 0 radical (unpaired) electrons. The minimum atomic E-state index is 0.149. The molecule has 1 aliphatic carbocycles. The molecule has 5 rings (SSSR count). The zero-order valence-corrected chi connectivity index (χ0v) is 17.6. The smallest absolute Gasteiger partial charge is 0.221 e. The monoisotopic (exact) mass is 411 g/mol. The fraction of sp³-hybridized carbons (Fsp3) is 0.600. The number of aryl methyl sites for hydroxylation is 1. The predicted molar refractivity (Wildman–Crippen MR) is 115 cm³/mol. The van der Waals surface area contributed by atoms with Gasteiger partial charge in [0.05, 0.1) is 11.9 Å². The van der Waals surface area contributed by atoms with Crippen molar-refractivity contribution in [2.24, 2.45) is 9.98 Å². The van der Waals surface area contributed by atoms with E-state index in [4.69, 9.17) is 9.52 Å². The first-order valence-corrected chi connectivity index (χ1v) is 10.7. The van der Waals surface area contributed by atoms with Gasteiger partial charge in [0.25, 0.3) is 0 Å². The number of guanidine groups is 1. The Labute approximate surface area is 175 Å². The van der Waals surface area contributed by atoms with Gasteiger partial charge in [-0.2, -0.15) is 5.10 Å². The summed E-state index contributed by atoms with van der Waals surface area (Å²) in [7, 11) is 2.17. The van der Waals surface area contributed by atoms with Crippen LogP contribution in [0.4, 0.5) is 5.82 Å². The lowest BCUT2D eigenvalue weighted by Crippen LogP contribution is -2.57. The minimum absolute atomic E-state index is 0.149. The maximum Gasteiger partial charge on any atom is 0.221 e. The highest BCUT2D eigenvalue weighted by Gasteiger charge is 2.29. The highest BCUT2D eigenvalue weighted by molar-refractivity contribution is 6.05. The molecular weight excluding hydrogens is 382 g/mol. The van der Waals surface area contributed by atoms with Gasteiger partial charge < -0.3 is 20.1 Å². The number of piperazine rings is 1. The number of aromatic amines is 1. The zero-order chi connectivity index (χ0) is 20.5. The summed E-state index contributed by atoms with van der Waals surface area (Å²) in [6, 6.07) is 4.00. The van der Waals surface area contributed by atoms with Crippen LogP contribution in [0.15, 0.2) is 26.6 Å². The molecule has 10 heteroatoms. The van der Waals surface area contributed by atoms with Crippen molar-refractivity contribution in [1.82, 2.24) is 30.5 Å². The van der Waals surface area contributed by atoms with Crippen molar-refractivity contribution in [2.75, 3.05) is 38.5 Å². The molecular formula is C20H29N9O. The van der Waals surface area contributed by atoms with Gasteiger partial charge in [0.15, 0.2) is 11.6 Å². The summed E-state index contributed by atoms with van der Waals surface area (Å²) in [6.45, 7) is 6.47. The van der Waals surface area contributed by atoms with Crippen molar-refractivity contribution < 1.29 is 4.52 Å². The summed E-state index contributed by atoms with van der Waals surface area (Å²) in [6.07, 6.45) is 3.41. The van der Waals surface area contributed by atoms with E-state index in [2.05, 4.69) is 53.9 Å². The fourth-order valence-electron chi connectivity index (χ4n) is 3.90. The summed E-state index contributed by atoms with van der Waals surface area (Å²) >= 11 is 0. The number of hydrogen-bond acceptors (Lipinski definition) is 7. The molecule has 30 heavy (non-hydrogen) atoms. The van der Waals surface area contributed by atoms with Gasteiger partial charge in [-0.3, -0.25) is 10.00 Å². The third-order valence-electron chi connectivity index (χ3n) is 5.85. The van der Waals surface area contributed by atoms with Crippen LogP contribution in [0.3, 0.4) is 0 Å². The molecule has 2 aromatic heterocycles. The standard InChI is InChI=1S/C20H29N9O/c1-13-9-15(30-27-13)12-21-20-23-17(22-18-10-16(25-26-18)14-3-4-14)11-19(24-20)29-7-5-28(2)6-8-29/h9-10,14,19H,3-8,11-12H2,1-2H3,(H3,21,22,23,24,25,26). The van der Waals surface area contributed by atoms with Crippen LogP contribution in [0.2, 0.25) is 0 Å². The number of aromatic nitrogens is 3. The van der Waals surface area contributed by atoms with Crippen LogP contribution in [-0.2, 0) is 6.54 Å². The Hall–Kier alpha value is -2.72. The zero-order valence-electron chi connectivity index (χ0n) is 17.6. The molecule has 1 saturated heterocycles. The van der Waals surface area contributed by atoms with Gasteiger partial charge >= 0.3 is 0 Å². The van der Waals surface area contributed by atoms with Crippen LogP contribution in [0.5, 0.6) is 0 Å². The normalized spacial score (nSPS) is 24.7. The predicted octanol–water partition coefficient (Wildman–Crippen LogP) is 1.52. The summed E-state index contributed by atoms with van der Waals surface area (Å²) in [5, 5.41) is 18.4. The van der Waals surface area contributed by atoms with Crippen LogP contribution < -0.4 is 10.6 Å². The molecule has 3 N–H and O–H groups in total. The topological polar surface area (TPSA) is 110 Å². The van der Waals surface area contributed by atoms with Crippen molar-refractivity contribution >= 4 is 17.6 Å². The number of nitrogens with one attached hydrogen (secondary N) is 3. The van der Waals surface area contributed by atoms with Crippen LogP contribution >= 0.6 is 0 Å². The van der Waals surface area contributed by atoms with Crippen molar-refractivity contribution in [3.63, 3.8) is 0 Å². The minimum Gasteiger partial charge on any atom is -0.359 e. The van der Waals surface area contributed by atoms with Gasteiger partial charge in [0.2, 0.25) is 5.96 Å². The second-order valence-electron chi connectivity index (χ2n) is 8.44. The van der Waals surface area contributed by atoms with E-state index in [-0.39, 0.29) is 6.17 Å². The van der Waals surface area contributed by atoms with E-state index in [0.29, 0.717) is 18.4 Å². The molecule has 1 unspecified atom stereocenters. The molecule has 0 aromatic carbocycles. The first-order chi connectivity index (χ1) is 14.6. The second kappa shape index (κ2) is 8.19. The van der Waals surface area contributed by atoms with Gasteiger partial charge in [-0.25, -0.2) is 9.98 Å². The van der Waals surface area contributed by atoms with E-state index in [1.807, 2.05) is 13.0 Å². The average molecular weight is 412 g/mol. The Morgan fingerprint density at radius 3 is 2.80 bits per heavy atom. The molecule has 4 heterocycles. The number of rotatable bonds is 5. The molecule has 0 bridgehead atoms. The maximum absolute atomic E-state index is 5.28. The Bertz CT molecular complexity index is 934. The summed E-state index contributed by atoms with van der Waals surface area (Å²) < 4.78 is 5.28. The molecule has 3 aliphatic rings. The maximum atomic E-state index is 5.28. The van der Waals surface area contributed by atoms with Gasteiger partial charge in [-0.15, -0.1) is 0 Å². The van der Waals surface area contributed by atoms with E-state index >= 15 is 0 Å². The Morgan fingerprint density at radius 2 is 2.07 bits per heavy atom. The molecule has 1 atom stereocenters. The third kappa shape index (κ3) is 4.54. The third-order valence-corrected chi connectivity index (χ3v) is 5.85. The summed E-state index contributed by atoms with van der Waals surface area (Å²) in [5.74, 6) is 3.68. The van der Waals surface area contributed by atoms with Gasteiger partial charge in [0, 0.05) is 56.3 Å². The van der Waals surface area contributed by atoms with E-state index in [1.165, 1.54) is 18.5 Å². The van der Waals surface area contributed by atoms with Crippen molar-refractivity contribution in [3.05, 3.63) is 29.3 Å². The molecule has 0 amide bonds. The lowest BCUT2D eigenvalue weighted by atomic mass is 10.2. The number of nitrogens with zero attached hydrogens (tertiary/aromatic N) is 6. The summed E-state index contributed by atoms with van der Waals surface area (Å²) in [4.78, 5) is 14.2. The molecule has 160 valence electrons. The molecule has 2 aliphatic heterocycles. The van der Waals surface area contributed by atoms with Crippen molar-refractivity contribution in [2.45, 2.75) is 44.8 Å². The van der Waals surface area contributed by atoms with Crippen LogP contribution in [-0.4, -0.2) is 76.3 Å². The Balaban J connectivity index is 1.32. The quantitative estimate of drug-likeness (QED) is 0.684. The van der Waals surface area contributed by atoms with Crippen molar-refractivity contribution in [1.29, 1.82) is 0 Å². The van der Waals surface area contributed by atoms with E-state index in [9.17, 15) is 0 Å². The van der Waals surface area contributed by atoms with Crippen LogP contribution in [0.25, 0.3) is 0 Å². The summed E-state index contributed by atoms with van der Waals surface area (Å²) in [5.41, 5.74) is 2.06. The first kappa shape index (κ1) is 19.3. The number of hydrogen-bond donors (Lipinski definition) is 3. The van der Waals surface area contributed by atoms with Gasteiger partial charge in [-0.05, 0) is 26.8 Å². The van der Waals surface area contributed by atoms with Crippen LogP contribution in [0, 0.1) is 6.92 Å². The molecule has 0 spiro atoms.